The van der Waals surface area contributed by atoms with Gasteiger partial charge in [0.2, 0.25) is 0 Å². The van der Waals surface area contributed by atoms with Crippen LogP contribution >= 0.6 is 11.6 Å². The second-order valence-electron chi connectivity index (χ2n) is 5.62. The lowest BCUT2D eigenvalue weighted by Gasteiger charge is -2.12. The summed E-state index contributed by atoms with van der Waals surface area (Å²) in [4.78, 5) is 0. The molecule has 3 aromatic rings. The van der Waals surface area contributed by atoms with Gasteiger partial charge in [0.15, 0.2) is 5.75 Å². The van der Waals surface area contributed by atoms with Gasteiger partial charge >= 0.3 is 0 Å². The van der Waals surface area contributed by atoms with Gasteiger partial charge in [-0.15, -0.1) is 0 Å². The molecule has 2 N–H and O–H groups in total. The average Bonchev–Trinajstić information content (AvgIpc) is 2.97. The molecule has 6 heteroatoms. The monoisotopic (exact) mass is 358 g/mol. The first kappa shape index (κ1) is 17.2. The van der Waals surface area contributed by atoms with E-state index in [0.29, 0.717) is 33.5 Å². The number of phenolic OH excluding ortho intramolecular Hbond substituents is 1. The predicted octanol–water partition coefficient (Wildman–Crippen LogP) is 5.11. The van der Waals surface area contributed by atoms with E-state index in [1.807, 2.05) is 19.9 Å². The maximum absolute atomic E-state index is 10.4. The number of hydrogen-bond acceptors (Lipinski definition) is 4. The number of nitrogens with one attached hydrogen (secondary N) is 1. The van der Waals surface area contributed by atoms with Gasteiger partial charge < -0.3 is 14.6 Å². The summed E-state index contributed by atoms with van der Waals surface area (Å²) >= 11 is 5.92. The smallest absolute Gasteiger partial charge is 0.176 e. The topological polar surface area (TPSA) is 67.4 Å². The van der Waals surface area contributed by atoms with Crippen molar-refractivity contribution in [3.8, 4) is 34.3 Å². The minimum atomic E-state index is 0.0847. The molecule has 0 unspecified atom stereocenters. The van der Waals surface area contributed by atoms with Crippen LogP contribution in [-0.2, 0) is 6.42 Å². The number of benzene rings is 2. The first-order valence-corrected chi connectivity index (χ1v) is 8.30. The molecule has 0 atom stereocenters. The van der Waals surface area contributed by atoms with E-state index >= 15 is 0 Å². The van der Waals surface area contributed by atoms with Crippen LogP contribution in [0.3, 0.4) is 0 Å². The summed E-state index contributed by atoms with van der Waals surface area (Å²) in [6.07, 6.45) is 0.771. The van der Waals surface area contributed by atoms with Crippen molar-refractivity contribution in [3.63, 3.8) is 0 Å². The first-order valence-electron chi connectivity index (χ1n) is 7.92. The van der Waals surface area contributed by atoms with E-state index in [2.05, 4.69) is 10.2 Å². The summed E-state index contributed by atoms with van der Waals surface area (Å²) < 4.78 is 11.3. The maximum Gasteiger partial charge on any atom is 0.176 e. The zero-order chi connectivity index (χ0) is 18.0. The Bertz CT molecular complexity index is 888. The summed E-state index contributed by atoms with van der Waals surface area (Å²) in [5, 5.41) is 18.3. The molecule has 0 saturated heterocycles. The molecule has 1 heterocycles. The van der Waals surface area contributed by atoms with Crippen molar-refractivity contribution in [1.29, 1.82) is 0 Å². The third-order valence-electron chi connectivity index (χ3n) is 3.96. The van der Waals surface area contributed by atoms with Crippen molar-refractivity contribution in [2.45, 2.75) is 20.3 Å². The highest BCUT2D eigenvalue weighted by atomic mass is 35.5. The van der Waals surface area contributed by atoms with Gasteiger partial charge in [-0.1, -0.05) is 18.5 Å². The van der Waals surface area contributed by atoms with Crippen LogP contribution in [0.5, 0.6) is 23.0 Å². The molecule has 2 aromatic carbocycles. The Labute approximate surface area is 151 Å². The quantitative estimate of drug-likeness (QED) is 0.665. The Hall–Kier alpha value is -2.66. The number of aromatic hydroxyl groups is 1. The molecular weight excluding hydrogens is 340 g/mol. The van der Waals surface area contributed by atoms with Crippen LogP contribution in [0, 0.1) is 6.92 Å². The van der Waals surface area contributed by atoms with E-state index in [1.165, 1.54) is 0 Å². The normalized spacial score (nSPS) is 10.7. The Kier molecular flexibility index (Phi) is 4.86. The van der Waals surface area contributed by atoms with E-state index in [1.54, 1.807) is 37.4 Å². The van der Waals surface area contributed by atoms with Gasteiger partial charge in [0.1, 0.15) is 22.9 Å². The molecule has 0 saturated carbocycles. The lowest BCUT2D eigenvalue weighted by Crippen LogP contribution is -1.93. The number of aryl methyl sites for hydroxylation is 2. The van der Waals surface area contributed by atoms with Crippen LogP contribution in [0.4, 0.5) is 0 Å². The van der Waals surface area contributed by atoms with Crippen molar-refractivity contribution in [2.24, 2.45) is 0 Å². The standard InChI is InChI=1S/C19H19ClN2O3/c1-4-12-9-15(16(23)10-17(12)24-3)18-19(11(2)21-22-18)25-14-7-5-13(20)6-8-14/h5-10,23H,4H2,1-3H3,(H,21,22). The molecule has 5 nitrogen and oxygen atoms in total. The summed E-state index contributed by atoms with van der Waals surface area (Å²) in [7, 11) is 1.58. The summed E-state index contributed by atoms with van der Waals surface area (Å²) in [5.74, 6) is 1.93. The van der Waals surface area contributed by atoms with Crippen molar-refractivity contribution in [2.75, 3.05) is 7.11 Å². The molecule has 0 aliphatic rings. The Morgan fingerprint density at radius 1 is 1.20 bits per heavy atom. The van der Waals surface area contributed by atoms with Crippen LogP contribution < -0.4 is 9.47 Å². The molecule has 0 aliphatic carbocycles. The van der Waals surface area contributed by atoms with Crippen LogP contribution in [0.15, 0.2) is 36.4 Å². The van der Waals surface area contributed by atoms with Crippen LogP contribution in [0.2, 0.25) is 5.02 Å². The second kappa shape index (κ2) is 7.07. The molecule has 0 spiro atoms. The van der Waals surface area contributed by atoms with E-state index in [4.69, 9.17) is 21.1 Å². The van der Waals surface area contributed by atoms with Crippen molar-refractivity contribution in [1.82, 2.24) is 10.2 Å². The predicted molar refractivity (Wildman–Crippen MR) is 97.9 cm³/mol. The minimum Gasteiger partial charge on any atom is -0.507 e. The third-order valence-corrected chi connectivity index (χ3v) is 4.21. The highest BCUT2D eigenvalue weighted by Gasteiger charge is 2.20. The Morgan fingerprint density at radius 2 is 1.92 bits per heavy atom. The zero-order valence-corrected chi connectivity index (χ0v) is 15.0. The number of methoxy groups -OCH3 is 1. The molecule has 130 valence electrons. The van der Waals surface area contributed by atoms with Gasteiger partial charge in [-0.05, 0) is 49.2 Å². The van der Waals surface area contributed by atoms with Gasteiger partial charge in [-0.2, -0.15) is 5.10 Å². The van der Waals surface area contributed by atoms with Gasteiger partial charge in [-0.3, -0.25) is 5.10 Å². The molecular formula is C19H19ClN2O3. The molecule has 1 aromatic heterocycles. The van der Waals surface area contributed by atoms with Gasteiger partial charge in [0.05, 0.1) is 12.8 Å². The molecule has 0 radical (unpaired) electrons. The van der Waals surface area contributed by atoms with E-state index in [9.17, 15) is 5.11 Å². The largest absolute Gasteiger partial charge is 0.507 e. The Morgan fingerprint density at radius 3 is 2.56 bits per heavy atom. The first-order chi connectivity index (χ1) is 12.0. The maximum atomic E-state index is 10.4. The number of H-pyrrole nitrogens is 1. The number of rotatable bonds is 5. The molecule has 0 amide bonds. The zero-order valence-electron chi connectivity index (χ0n) is 14.3. The Balaban J connectivity index is 2.05. The fourth-order valence-corrected chi connectivity index (χ4v) is 2.74. The van der Waals surface area contributed by atoms with Gasteiger partial charge in [-0.25, -0.2) is 0 Å². The molecule has 0 fully saturated rings. The number of aromatic nitrogens is 2. The van der Waals surface area contributed by atoms with Crippen LogP contribution in [0.25, 0.3) is 11.3 Å². The van der Waals surface area contributed by atoms with Gasteiger partial charge in [0.25, 0.3) is 0 Å². The highest BCUT2D eigenvalue weighted by Crippen LogP contribution is 2.41. The minimum absolute atomic E-state index is 0.0847. The number of halogens is 1. The van der Waals surface area contributed by atoms with Crippen LogP contribution in [-0.4, -0.2) is 22.4 Å². The summed E-state index contributed by atoms with van der Waals surface area (Å²) in [5.41, 5.74) is 2.87. The van der Waals surface area contributed by atoms with Crippen molar-refractivity contribution >= 4 is 11.6 Å². The highest BCUT2D eigenvalue weighted by molar-refractivity contribution is 6.30. The number of phenols is 1. The summed E-state index contributed by atoms with van der Waals surface area (Å²) in [6, 6.07) is 10.6. The average molecular weight is 359 g/mol. The number of hydrogen-bond donors (Lipinski definition) is 2. The molecule has 0 bridgehead atoms. The summed E-state index contributed by atoms with van der Waals surface area (Å²) in [6.45, 7) is 3.89. The van der Waals surface area contributed by atoms with Crippen LogP contribution in [0.1, 0.15) is 18.2 Å². The lowest BCUT2D eigenvalue weighted by atomic mass is 10.0. The fourth-order valence-electron chi connectivity index (χ4n) is 2.62. The second-order valence-corrected chi connectivity index (χ2v) is 6.05. The van der Waals surface area contributed by atoms with E-state index < -0.39 is 0 Å². The lowest BCUT2D eigenvalue weighted by molar-refractivity contribution is 0.403. The van der Waals surface area contributed by atoms with Crippen molar-refractivity contribution < 1.29 is 14.6 Å². The van der Waals surface area contributed by atoms with Gasteiger partial charge in [0, 0.05) is 16.7 Å². The fraction of sp³-hybridized carbons (Fsp3) is 0.211. The van der Waals surface area contributed by atoms with E-state index in [-0.39, 0.29) is 5.75 Å². The number of nitrogens with zero attached hydrogens (tertiary/aromatic N) is 1. The SMILES string of the molecule is CCc1cc(-c2n[nH]c(C)c2Oc2ccc(Cl)cc2)c(O)cc1OC. The third kappa shape index (κ3) is 3.42. The molecule has 25 heavy (non-hydrogen) atoms. The number of aromatic amines is 1. The van der Waals surface area contributed by atoms with Crippen molar-refractivity contribution in [3.05, 3.63) is 52.7 Å². The molecule has 3 rings (SSSR count). The molecule has 0 aliphatic heterocycles. The number of ether oxygens (including phenoxy) is 2. The van der Waals surface area contributed by atoms with E-state index in [0.717, 1.165) is 17.7 Å².